The number of hydrogen-bond donors (Lipinski definition) is 0. The molecule has 0 aromatic heterocycles. The Morgan fingerprint density at radius 2 is 1.85 bits per heavy atom. The minimum Gasteiger partial charge on any atom is -0.488 e. The average Bonchev–Trinajstić information content (AvgIpc) is 3.06. The Balaban J connectivity index is 1.47. The number of benzene rings is 3. The van der Waals surface area contributed by atoms with Crippen LogP contribution in [-0.2, 0) is 11.4 Å². The highest BCUT2D eigenvalue weighted by Crippen LogP contribution is 2.37. The number of hydrogen-bond acceptors (Lipinski definition) is 6. The number of halogens is 2. The molecule has 0 N–H and O–H groups in total. The van der Waals surface area contributed by atoms with E-state index < -0.39 is 16.1 Å². The summed E-state index contributed by atoms with van der Waals surface area (Å²) in [6, 6.07) is 18.0. The van der Waals surface area contributed by atoms with Gasteiger partial charge in [-0.3, -0.25) is 19.7 Å². The van der Waals surface area contributed by atoms with E-state index in [0.29, 0.717) is 31.4 Å². The standard InChI is InChI=1S/C23H14BrClN2O5S/c24-19-10-15(6-9-20(19)32-13-14-4-7-17(8-5-14)27(30)31)11-21-22(28)26(23(29)33-21)18-3-1-2-16(25)12-18/h1-12H,13H2/b21-11+. The van der Waals surface area contributed by atoms with Crippen LogP contribution in [0.25, 0.3) is 6.08 Å². The minimum atomic E-state index is -0.455. The van der Waals surface area contributed by atoms with Gasteiger partial charge < -0.3 is 4.74 Å². The lowest BCUT2D eigenvalue weighted by molar-refractivity contribution is -0.384. The van der Waals surface area contributed by atoms with Crippen LogP contribution in [0, 0.1) is 10.1 Å². The highest BCUT2D eigenvalue weighted by molar-refractivity contribution is 9.10. The van der Waals surface area contributed by atoms with Crippen LogP contribution in [-0.4, -0.2) is 16.1 Å². The van der Waals surface area contributed by atoms with Crippen LogP contribution in [0.1, 0.15) is 11.1 Å². The number of ether oxygens (including phenoxy) is 1. The van der Waals surface area contributed by atoms with E-state index in [4.69, 9.17) is 16.3 Å². The summed E-state index contributed by atoms with van der Waals surface area (Å²) >= 11 is 10.3. The lowest BCUT2D eigenvalue weighted by atomic mass is 10.2. The molecule has 3 aromatic carbocycles. The second-order valence-electron chi connectivity index (χ2n) is 6.90. The van der Waals surface area contributed by atoms with Gasteiger partial charge in [0.25, 0.3) is 16.8 Å². The molecule has 0 radical (unpaired) electrons. The maximum Gasteiger partial charge on any atom is 0.298 e. The molecule has 4 rings (SSSR count). The zero-order chi connectivity index (χ0) is 23.5. The number of rotatable bonds is 6. The van der Waals surface area contributed by atoms with Gasteiger partial charge in [0, 0.05) is 17.2 Å². The number of carbonyl (C=O) groups is 2. The van der Waals surface area contributed by atoms with Crippen molar-refractivity contribution in [2.45, 2.75) is 6.61 Å². The number of amides is 2. The molecule has 2 amide bonds. The largest absolute Gasteiger partial charge is 0.488 e. The van der Waals surface area contributed by atoms with Gasteiger partial charge in [-0.05, 0) is 87.4 Å². The van der Waals surface area contributed by atoms with Crippen molar-refractivity contribution in [3.63, 3.8) is 0 Å². The first-order valence-corrected chi connectivity index (χ1v) is 11.5. The summed E-state index contributed by atoms with van der Waals surface area (Å²) in [5.74, 6) is 0.152. The van der Waals surface area contributed by atoms with Crippen LogP contribution in [0.2, 0.25) is 5.02 Å². The van der Waals surface area contributed by atoms with E-state index in [9.17, 15) is 19.7 Å². The molecule has 7 nitrogen and oxygen atoms in total. The molecule has 1 fully saturated rings. The molecule has 1 heterocycles. The van der Waals surface area contributed by atoms with E-state index in [1.807, 2.05) is 0 Å². The zero-order valence-electron chi connectivity index (χ0n) is 16.7. The number of non-ortho nitro benzene ring substituents is 1. The molecule has 0 saturated carbocycles. The SMILES string of the molecule is O=C1S/C(=C/c2ccc(OCc3ccc([N+](=O)[O-])cc3)c(Br)c2)C(=O)N1c1cccc(Cl)c1. The van der Waals surface area contributed by atoms with Crippen molar-refractivity contribution in [1.82, 2.24) is 0 Å². The maximum atomic E-state index is 12.8. The van der Waals surface area contributed by atoms with Crippen molar-refractivity contribution >= 4 is 67.9 Å². The summed E-state index contributed by atoms with van der Waals surface area (Å²) in [6.07, 6.45) is 1.64. The van der Waals surface area contributed by atoms with Crippen LogP contribution >= 0.6 is 39.3 Å². The smallest absolute Gasteiger partial charge is 0.298 e. The first-order valence-electron chi connectivity index (χ1n) is 9.51. The molecule has 0 aliphatic carbocycles. The van der Waals surface area contributed by atoms with E-state index in [2.05, 4.69) is 15.9 Å². The molecule has 3 aromatic rings. The van der Waals surface area contributed by atoms with Gasteiger partial charge in [0.05, 0.1) is 20.0 Å². The maximum absolute atomic E-state index is 12.8. The Kier molecular flexibility index (Phi) is 6.83. The fraction of sp³-hybridized carbons (Fsp3) is 0.0435. The lowest BCUT2D eigenvalue weighted by Crippen LogP contribution is -2.27. The Labute approximate surface area is 206 Å². The van der Waals surface area contributed by atoms with Gasteiger partial charge in [0.15, 0.2) is 0 Å². The second-order valence-corrected chi connectivity index (χ2v) is 9.18. The Morgan fingerprint density at radius 3 is 2.52 bits per heavy atom. The Bertz CT molecular complexity index is 1300. The van der Waals surface area contributed by atoms with Crippen molar-refractivity contribution in [2.75, 3.05) is 4.90 Å². The van der Waals surface area contributed by atoms with Gasteiger partial charge in [0.1, 0.15) is 12.4 Å². The Morgan fingerprint density at radius 1 is 1.09 bits per heavy atom. The number of nitro benzene ring substituents is 1. The van der Waals surface area contributed by atoms with Crippen LogP contribution in [0.15, 0.2) is 76.1 Å². The predicted octanol–water partition coefficient (Wildman–Crippen LogP) is 6.83. The predicted molar refractivity (Wildman–Crippen MR) is 131 cm³/mol. The van der Waals surface area contributed by atoms with E-state index in [1.165, 1.54) is 12.1 Å². The molecule has 10 heteroatoms. The van der Waals surface area contributed by atoms with E-state index in [0.717, 1.165) is 22.2 Å². The van der Waals surface area contributed by atoms with Gasteiger partial charge in [-0.2, -0.15) is 0 Å². The monoisotopic (exact) mass is 544 g/mol. The molecule has 0 bridgehead atoms. The molecular weight excluding hydrogens is 532 g/mol. The summed E-state index contributed by atoms with van der Waals surface area (Å²) in [4.78, 5) is 36.9. The number of nitrogens with zero attached hydrogens (tertiary/aromatic N) is 2. The van der Waals surface area contributed by atoms with Gasteiger partial charge in [0.2, 0.25) is 0 Å². The van der Waals surface area contributed by atoms with Crippen molar-refractivity contribution in [3.05, 3.63) is 102 Å². The summed E-state index contributed by atoms with van der Waals surface area (Å²) < 4.78 is 6.45. The summed E-state index contributed by atoms with van der Waals surface area (Å²) in [6.45, 7) is 0.231. The number of imide groups is 1. The third-order valence-corrected chi connectivity index (χ3v) is 6.38. The van der Waals surface area contributed by atoms with Gasteiger partial charge >= 0.3 is 0 Å². The van der Waals surface area contributed by atoms with E-state index >= 15 is 0 Å². The zero-order valence-corrected chi connectivity index (χ0v) is 19.9. The summed E-state index contributed by atoms with van der Waals surface area (Å²) in [5, 5.41) is 10.8. The van der Waals surface area contributed by atoms with E-state index in [1.54, 1.807) is 60.7 Å². The first kappa shape index (κ1) is 23.0. The quantitative estimate of drug-likeness (QED) is 0.192. The number of anilines is 1. The molecule has 1 saturated heterocycles. The summed E-state index contributed by atoms with van der Waals surface area (Å²) in [5.41, 5.74) is 1.93. The third kappa shape index (κ3) is 5.27. The van der Waals surface area contributed by atoms with Crippen molar-refractivity contribution in [1.29, 1.82) is 0 Å². The lowest BCUT2D eigenvalue weighted by Gasteiger charge is -2.12. The highest BCUT2D eigenvalue weighted by Gasteiger charge is 2.36. The van der Waals surface area contributed by atoms with Crippen LogP contribution in [0.4, 0.5) is 16.2 Å². The molecule has 1 aliphatic heterocycles. The normalized spacial score (nSPS) is 14.7. The molecule has 0 spiro atoms. The van der Waals surface area contributed by atoms with Crippen molar-refractivity contribution in [2.24, 2.45) is 0 Å². The molecule has 0 unspecified atom stereocenters. The number of nitro groups is 1. The second kappa shape index (κ2) is 9.78. The number of thioether (sulfide) groups is 1. The molecule has 33 heavy (non-hydrogen) atoms. The van der Waals surface area contributed by atoms with Crippen LogP contribution in [0.3, 0.4) is 0 Å². The number of carbonyl (C=O) groups excluding carboxylic acids is 2. The Hall–Kier alpha value is -3.14. The topological polar surface area (TPSA) is 89.7 Å². The fourth-order valence-corrected chi connectivity index (χ4v) is 4.59. The average molecular weight is 546 g/mol. The van der Waals surface area contributed by atoms with Crippen LogP contribution in [0.5, 0.6) is 5.75 Å². The highest BCUT2D eigenvalue weighted by atomic mass is 79.9. The molecule has 0 atom stereocenters. The first-order chi connectivity index (χ1) is 15.8. The van der Waals surface area contributed by atoms with E-state index in [-0.39, 0.29) is 12.3 Å². The molecular formula is C23H14BrClN2O5S. The van der Waals surface area contributed by atoms with Gasteiger partial charge in [-0.15, -0.1) is 0 Å². The van der Waals surface area contributed by atoms with Crippen LogP contribution < -0.4 is 9.64 Å². The third-order valence-electron chi connectivity index (χ3n) is 4.66. The van der Waals surface area contributed by atoms with Crippen molar-refractivity contribution < 1.29 is 19.2 Å². The summed E-state index contributed by atoms with van der Waals surface area (Å²) in [7, 11) is 0. The fourth-order valence-electron chi connectivity index (χ4n) is 3.06. The van der Waals surface area contributed by atoms with Gasteiger partial charge in [-0.25, -0.2) is 4.90 Å². The minimum absolute atomic E-state index is 0.0176. The van der Waals surface area contributed by atoms with Gasteiger partial charge in [-0.1, -0.05) is 23.7 Å². The molecule has 166 valence electrons. The molecule has 1 aliphatic rings. The van der Waals surface area contributed by atoms with Crippen molar-refractivity contribution in [3.8, 4) is 5.75 Å².